The Labute approximate surface area is 125 Å². The van der Waals surface area contributed by atoms with E-state index in [4.69, 9.17) is 16.3 Å². The van der Waals surface area contributed by atoms with Gasteiger partial charge in [-0.2, -0.15) is 0 Å². The van der Waals surface area contributed by atoms with E-state index in [0.717, 1.165) is 0 Å². The molecule has 0 spiro atoms. The van der Waals surface area contributed by atoms with Gasteiger partial charge in [0.2, 0.25) is 0 Å². The molecule has 2 N–H and O–H groups in total. The van der Waals surface area contributed by atoms with Crippen LogP contribution in [0.5, 0.6) is 5.75 Å². The standard InChI is InChI=1S/C15H11ClN2O3/c16-10-3-1-2-9(6-10)15(20)17-11-4-5-13-12(7-11)18-14(19)8-21-13/h1-7H,8H2,(H,17,20)(H,18,19). The number of ether oxygens (including phenoxy) is 1. The first kappa shape index (κ1) is 13.5. The van der Waals surface area contributed by atoms with Crippen LogP contribution < -0.4 is 15.4 Å². The quantitative estimate of drug-likeness (QED) is 0.896. The monoisotopic (exact) mass is 302 g/mol. The fourth-order valence-corrected chi connectivity index (χ4v) is 2.18. The van der Waals surface area contributed by atoms with Crippen LogP contribution in [-0.2, 0) is 4.79 Å². The maximum atomic E-state index is 12.1. The van der Waals surface area contributed by atoms with Gasteiger partial charge in [0.25, 0.3) is 11.8 Å². The third-order valence-electron chi connectivity index (χ3n) is 2.96. The Balaban J connectivity index is 1.80. The van der Waals surface area contributed by atoms with E-state index >= 15 is 0 Å². The zero-order valence-corrected chi connectivity index (χ0v) is 11.6. The molecule has 0 aliphatic carbocycles. The number of carbonyl (C=O) groups excluding carboxylic acids is 2. The summed E-state index contributed by atoms with van der Waals surface area (Å²) in [6.45, 7) is 0.00121. The molecule has 6 heteroatoms. The SMILES string of the molecule is O=C1COc2ccc(NC(=O)c3cccc(Cl)c3)cc2N1. The summed E-state index contributed by atoms with van der Waals surface area (Å²) in [5, 5.41) is 5.93. The van der Waals surface area contributed by atoms with Crippen molar-refractivity contribution in [2.24, 2.45) is 0 Å². The highest BCUT2D eigenvalue weighted by Crippen LogP contribution is 2.30. The Morgan fingerprint density at radius 1 is 1.24 bits per heavy atom. The molecule has 1 heterocycles. The minimum atomic E-state index is -0.277. The fraction of sp³-hybridized carbons (Fsp3) is 0.0667. The summed E-state index contributed by atoms with van der Waals surface area (Å²) in [5.41, 5.74) is 1.56. The molecule has 0 radical (unpaired) electrons. The first-order valence-electron chi connectivity index (χ1n) is 6.25. The van der Waals surface area contributed by atoms with Gasteiger partial charge >= 0.3 is 0 Å². The van der Waals surface area contributed by atoms with Gasteiger partial charge in [0.1, 0.15) is 5.75 Å². The van der Waals surface area contributed by atoms with E-state index in [1.807, 2.05) is 0 Å². The molecule has 1 aliphatic rings. The highest BCUT2D eigenvalue weighted by atomic mass is 35.5. The number of nitrogens with one attached hydrogen (secondary N) is 2. The van der Waals surface area contributed by atoms with Gasteiger partial charge in [0, 0.05) is 16.3 Å². The molecule has 2 amide bonds. The lowest BCUT2D eigenvalue weighted by Crippen LogP contribution is -2.25. The molecule has 2 aromatic rings. The smallest absolute Gasteiger partial charge is 0.262 e. The maximum absolute atomic E-state index is 12.1. The summed E-state index contributed by atoms with van der Waals surface area (Å²) in [7, 11) is 0. The third-order valence-corrected chi connectivity index (χ3v) is 3.19. The summed E-state index contributed by atoms with van der Waals surface area (Å²) in [6, 6.07) is 11.7. The van der Waals surface area contributed by atoms with Crippen molar-refractivity contribution >= 4 is 34.8 Å². The van der Waals surface area contributed by atoms with Crippen molar-refractivity contribution in [1.29, 1.82) is 0 Å². The third kappa shape index (κ3) is 2.98. The predicted molar refractivity (Wildman–Crippen MR) is 80.0 cm³/mol. The van der Waals surface area contributed by atoms with Gasteiger partial charge in [0.15, 0.2) is 6.61 Å². The van der Waals surface area contributed by atoms with Crippen LogP contribution in [0.1, 0.15) is 10.4 Å². The molecule has 21 heavy (non-hydrogen) atoms. The lowest BCUT2D eigenvalue weighted by atomic mass is 10.2. The normalized spacial score (nSPS) is 12.9. The highest BCUT2D eigenvalue weighted by Gasteiger charge is 2.16. The Morgan fingerprint density at radius 3 is 2.90 bits per heavy atom. The Kier molecular flexibility index (Phi) is 3.50. The number of amides is 2. The second-order valence-corrected chi connectivity index (χ2v) is 4.95. The van der Waals surface area contributed by atoms with E-state index < -0.39 is 0 Å². The molecular weight excluding hydrogens is 292 g/mol. The van der Waals surface area contributed by atoms with E-state index in [-0.39, 0.29) is 18.4 Å². The minimum Gasteiger partial charge on any atom is -0.482 e. The zero-order chi connectivity index (χ0) is 14.8. The van der Waals surface area contributed by atoms with Crippen LogP contribution in [0.3, 0.4) is 0 Å². The molecule has 0 saturated heterocycles. The number of rotatable bonds is 2. The molecule has 5 nitrogen and oxygen atoms in total. The van der Waals surface area contributed by atoms with Gasteiger partial charge in [-0.3, -0.25) is 9.59 Å². The van der Waals surface area contributed by atoms with Crippen LogP contribution >= 0.6 is 11.6 Å². The Bertz CT molecular complexity index is 731. The van der Waals surface area contributed by atoms with Crippen molar-refractivity contribution in [3.63, 3.8) is 0 Å². The van der Waals surface area contributed by atoms with Gasteiger partial charge in [-0.25, -0.2) is 0 Å². The first-order valence-corrected chi connectivity index (χ1v) is 6.63. The number of anilines is 2. The van der Waals surface area contributed by atoms with E-state index in [0.29, 0.717) is 27.7 Å². The van der Waals surface area contributed by atoms with Crippen molar-refractivity contribution in [2.45, 2.75) is 0 Å². The molecule has 1 aliphatic heterocycles. The first-order chi connectivity index (χ1) is 10.1. The van der Waals surface area contributed by atoms with Gasteiger partial charge < -0.3 is 15.4 Å². The van der Waals surface area contributed by atoms with Crippen LogP contribution in [0.25, 0.3) is 0 Å². The molecular formula is C15H11ClN2O3. The zero-order valence-electron chi connectivity index (χ0n) is 10.9. The van der Waals surface area contributed by atoms with Crippen molar-refractivity contribution in [1.82, 2.24) is 0 Å². The largest absolute Gasteiger partial charge is 0.482 e. The summed E-state index contributed by atoms with van der Waals surface area (Å²) >= 11 is 5.86. The predicted octanol–water partition coefficient (Wildman–Crippen LogP) is 2.92. The second-order valence-electron chi connectivity index (χ2n) is 4.51. The Hall–Kier alpha value is -2.53. The van der Waals surface area contributed by atoms with Crippen molar-refractivity contribution in [2.75, 3.05) is 17.2 Å². The van der Waals surface area contributed by atoms with E-state index in [1.165, 1.54) is 0 Å². The van der Waals surface area contributed by atoms with Crippen LogP contribution in [0.4, 0.5) is 11.4 Å². The molecule has 0 aromatic heterocycles. The van der Waals surface area contributed by atoms with Crippen molar-refractivity contribution in [3.05, 3.63) is 53.1 Å². The molecule has 3 rings (SSSR count). The number of carbonyl (C=O) groups is 2. The molecule has 0 atom stereocenters. The van der Waals surface area contributed by atoms with Crippen LogP contribution in [0.15, 0.2) is 42.5 Å². The van der Waals surface area contributed by atoms with Crippen LogP contribution in [0.2, 0.25) is 5.02 Å². The van der Waals surface area contributed by atoms with Gasteiger partial charge in [-0.15, -0.1) is 0 Å². The number of benzene rings is 2. The molecule has 0 fully saturated rings. The summed E-state index contributed by atoms with van der Waals surface area (Å²) in [4.78, 5) is 23.4. The van der Waals surface area contributed by atoms with E-state index in [9.17, 15) is 9.59 Å². The second kappa shape index (κ2) is 5.46. The van der Waals surface area contributed by atoms with Crippen molar-refractivity contribution < 1.29 is 14.3 Å². The molecule has 2 aromatic carbocycles. The highest BCUT2D eigenvalue weighted by molar-refractivity contribution is 6.31. The molecule has 106 valence electrons. The van der Waals surface area contributed by atoms with E-state index in [2.05, 4.69) is 10.6 Å². The number of hydrogen-bond donors (Lipinski definition) is 2. The summed E-state index contributed by atoms with van der Waals surface area (Å²) in [6.07, 6.45) is 0. The fourth-order valence-electron chi connectivity index (χ4n) is 1.99. The van der Waals surface area contributed by atoms with E-state index in [1.54, 1.807) is 42.5 Å². The Morgan fingerprint density at radius 2 is 2.10 bits per heavy atom. The van der Waals surface area contributed by atoms with Crippen LogP contribution in [0, 0.1) is 0 Å². The van der Waals surface area contributed by atoms with Crippen molar-refractivity contribution in [3.8, 4) is 5.75 Å². The average molecular weight is 303 g/mol. The minimum absolute atomic E-state index is 0.00121. The molecule has 0 saturated carbocycles. The lowest BCUT2D eigenvalue weighted by Gasteiger charge is -2.18. The number of hydrogen-bond acceptors (Lipinski definition) is 3. The summed E-state index contributed by atoms with van der Waals surface area (Å²) in [5.74, 6) is 0.0803. The number of fused-ring (bicyclic) bond motifs is 1. The van der Waals surface area contributed by atoms with Crippen LogP contribution in [-0.4, -0.2) is 18.4 Å². The van der Waals surface area contributed by atoms with Gasteiger partial charge in [-0.1, -0.05) is 17.7 Å². The average Bonchev–Trinajstić information content (AvgIpc) is 2.46. The van der Waals surface area contributed by atoms with Gasteiger partial charge in [0.05, 0.1) is 5.69 Å². The molecule has 0 unspecified atom stereocenters. The number of halogens is 1. The maximum Gasteiger partial charge on any atom is 0.262 e. The van der Waals surface area contributed by atoms with Gasteiger partial charge in [-0.05, 0) is 36.4 Å². The topological polar surface area (TPSA) is 67.4 Å². The lowest BCUT2D eigenvalue weighted by molar-refractivity contribution is -0.118. The summed E-state index contributed by atoms with van der Waals surface area (Å²) < 4.78 is 5.25. The molecule has 0 bridgehead atoms.